The topological polar surface area (TPSA) is 72.0 Å². The van der Waals surface area contributed by atoms with Crippen LogP contribution in [-0.4, -0.2) is 11.4 Å². The molecule has 0 atom stereocenters. The van der Waals surface area contributed by atoms with Gasteiger partial charge >= 0.3 is 0 Å². The largest absolute Gasteiger partial charge is 0.271 e. The third-order valence-corrected chi connectivity index (χ3v) is 3.09. The highest BCUT2D eigenvalue weighted by molar-refractivity contribution is 9.10. The molecule has 7 heteroatoms. The van der Waals surface area contributed by atoms with Crippen molar-refractivity contribution in [3.8, 4) is 12.3 Å². The van der Waals surface area contributed by atoms with Crippen LogP contribution in [0.5, 0.6) is 0 Å². The van der Waals surface area contributed by atoms with Crippen LogP contribution >= 0.6 is 27.7 Å². The highest BCUT2D eigenvalue weighted by Gasteiger charge is 2.11. The Balaban J connectivity index is 3.35. The molecule has 0 heterocycles. The maximum absolute atomic E-state index is 13.3. The van der Waals surface area contributed by atoms with Crippen molar-refractivity contribution in [3.63, 3.8) is 0 Å². The molecule has 4 nitrogen and oxygen atoms in total. The number of hydrogen-bond acceptors (Lipinski definition) is 4. The van der Waals surface area contributed by atoms with Crippen LogP contribution in [0, 0.1) is 28.6 Å². The molecule has 1 N–H and O–H groups in total. The molecule has 0 bridgehead atoms. The molecular formula is C10H6BrFN4S. The van der Waals surface area contributed by atoms with E-state index in [-0.39, 0.29) is 20.9 Å². The van der Waals surface area contributed by atoms with Crippen molar-refractivity contribution in [2.24, 2.45) is 4.99 Å². The van der Waals surface area contributed by atoms with Crippen LogP contribution in [0.3, 0.4) is 0 Å². The number of rotatable bonds is 1. The zero-order chi connectivity index (χ0) is 12.8. The van der Waals surface area contributed by atoms with Gasteiger partial charge in [0.15, 0.2) is 11.4 Å². The van der Waals surface area contributed by atoms with Crippen molar-refractivity contribution in [1.29, 1.82) is 10.5 Å². The summed E-state index contributed by atoms with van der Waals surface area (Å²) in [6.45, 7) is 0. The molecule has 0 radical (unpaired) electrons. The average molecular weight is 313 g/mol. The van der Waals surface area contributed by atoms with Gasteiger partial charge in [0.25, 0.3) is 0 Å². The molecular weight excluding hydrogens is 307 g/mol. The summed E-state index contributed by atoms with van der Waals surface area (Å²) in [4.78, 5) is 4.03. The maximum Gasteiger partial charge on any atom is 0.183 e. The van der Waals surface area contributed by atoms with E-state index in [1.54, 1.807) is 12.4 Å². The summed E-state index contributed by atoms with van der Waals surface area (Å²) in [5.74, 6) is -0.514. The van der Waals surface area contributed by atoms with Crippen molar-refractivity contribution in [2.45, 2.75) is 0 Å². The van der Waals surface area contributed by atoms with Gasteiger partial charge in [-0.05, 0) is 34.3 Å². The Morgan fingerprint density at radius 1 is 1.53 bits per heavy atom. The summed E-state index contributed by atoms with van der Waals surface area (Å²) >= 11 is 4.21. The lowest BCUT2D eigenvalue weighted by atomic mass is 10.2. The second-order valence-electron chi connectivity index (χ2n) is 2.73. The van der Waals surface area contributed by atoms with Crippen LogP contribution in [-0.2, 0) is 0 Å². The van der Waals surface area contributed by atoms with Gasteiger partial charge in [-0.1, -0.05) is 11.8 Å². The van der Waals surface area contributed by atoms with Crippen molar-refractivity contribution in [3.05, 3.63) is 28.0 Å². The van der Waals surface area contributed by atoms with E-state index in [9.17, 15) is 4.39 Å². The Morgan fingerprint density at radius 3 is 2.76 bits per heavy atom. The second kappa shape index (κ2) is 6.24. The number of halogens is 2. The number of hydrogen-bond donors (Lipinski definition) is 1. The van der Waals surface area contributed by atoms with Gasteiger partial charge in [-0.2, -0.15) is 10.5 Å². The van der Waals surface area contributed by atoms with Gasteiger partial charge in [0.05, 0.1) is 10.0 Å². The van der Waals surface area contributed by atoms with Crippen molar-refractivity contribution >= 4 is 38.5 Å². The van der Waals surface area contributed by atoms with Crippen molar-refractivity contribution in [2.75, 3.05) is 6.26 Å². The van der Waals surface area contributed by atoms with E-state index in [1.807, 2.05) is 6.07 Å². The number of nitrogens with zero attached hydrogens (tertiary/aromatic N) is 3. The summed E-state index contributed by atoms with van der Waals surface area (Å²) in [5, 5.41) is 20.0. The monoisotopic (exact) mass is 312 g/mol. The Kier molecular flexibility index (Phi) is 4.95. The number of aliphatic imine (C=N–C) groups is 1. The third kappa shape index (κ3) is 3.19. The summed E-state index contributed by atoms with van der Waals surface area (Å²) in [5.41, 5.74) is 0.393. The van der Waals surface area contributed by atoms with Crippen LogP contribution in [0.15, 0.2) is 21.6 Å². The maximum atomic E-state index is 13.3. The summed E-state index contributed by atoms with van der Waals surface area (Å²) < 4.78 is 13.4. The molecule has 0 spiro atoms. The van der Waals surface area contributed by atoms with E-state index in [0.717, 1.165) is 0 Å². The molecule has 0 aliphatic carbocycles. The van der Waals surface area contributed by atoms with Crippen LogP contribution < -0.4 is 5.32 Å². The van der Waals surface area contributed by atoms with Gasteiger partial charge in [0.2, 0.25) is 0 Å². The lowest BCUT2D eigenvalue weighted by Gasteiger charge is -2.04. The first kappa shape index (κ1) is 13.5. The van der Waals surface area contributed by atoms with Gasteiger partial charge in [0.1, 0.15) is 17.6 Å². The molecule has 1 rings (SSSR count). The number of amidine groups is 1. The SMILES string of the molecule is CSC(=Nc1c(C#N)ccc(F)c1Br)NC#N. The van der Waals surface area contributed by atoms with Gasteiger partial charge in [-0.25, -0.2) is 9.38 Å². The van der Waals surface area contributed by atoms with Gasteiger partial charge in [-0.3, -0.25) is 5.32 Å². The fourth-order valence-corrected chi connectivity index (χ4v) is 1.78. The molecule has 0 saturated heterocycles. The van der Waals surface area contributed by atoms with Crippen LogP contribution in [0.4, 0.5) is 10.1 Å². The normalized spacial score (nSPS) is 10.5. The average Bonchev–Trinajstić information content (AvgIpc) is 2.34. The molecule has 1 aromatic carbocycles. The Bertz CT molecular complexity index is 544. The predicted molar refractivity (Wildman–Crippen MR) is 68.2 cm³/mol. The minimum Gasteiger partial charge on any atom is -0.271 e. The molecule has 0 aliphatic heterocycles. The minimum atomic E-state index is -0.514. The molecule has 0 saturated carbocycles. The quantitative estimate of drug-likeness (QED) is 0.374. The number of benzene rings is 1. The molecule has 0 amide bonds. The fraction of sp³-hybridized carbons (Fsp3) is 0.100. The van der Waals surface area contributed by atoms with Gasteiger partial charge < -0.3 is 0 Å². The lowest BCUT2D eigenvalue weighted by molar-refractivity contribution is 0.621. The second-order valence-corrected chi connectivity index (χ2v) is 4.32. The van der Waals surface area contributed by atoms with Crippen LogP contribution in [0.2, 0.25) is 0 Å². The van der Waals surface area contributed by atoms with Gasteiger partial charge in [0, 0.05) is 0 Å². The third-order valence-electron chi connectivity index (χ3n) is 1.76. The van der Waals surface area contributed by atoms with E-state index in [4.69, 9.17) is 10.5 Å². The fourth-order valence-electron chi connectivity index (χ4n) is 1.01. The van der Waals surface area contributed by atoms with Crippen LogP contribution in [0.25, 0.3) is 0 Å². The van der Waals surface area contributed by atoms with Crippen LogP contribution in [0.1, 0.15) is 5.56 Å². The lowest BCUT2D eigenvalue weighted by Crippen LogP contribution is -2.12. The predicted octanol–water partition coefficient (Wildman–Crippen LogP) is 2.88. The summed E-state index contributed by atoms with van der Waals surface area (Å²) in [6, 6.07) is 4.43. The van der Waals surface area contributed by atoms with Crippen molar-refractivity contribution in [1.82, 2.24) is 5.32 Å². The van der Waals surface area contributed by atoms with E-state index in [0.29, 0.717) is 0 Å². The first-order valence-electron chi connectivity index (χ1n) is 4.30. The number of nitrogens with one attached hydrogen (secondary N) is 1. The Labute approximate surface area is 110 Å². The molecule has 0 aliphatic rings. The summed E-state index contributed by atoms with van der Waals surface area (Å²) in [7, 11) is 0. The molecule has 86 valence electrons. The summed E-state index contributed by atoms with van der Waals surface area (Å²) in [6.07, 6.45) is 3.43. The molecule has 17 heavy (non-hydrogen) atoms. The minimum absolute atomic E-state index is 0.0999. The van der Waals surface area contributed by atoms with Crippen molar-refractivity contribution < 1.29 is 4.39 Å². The first-order chi connectivity index (χ1) is 8.13. The van der Waals surface area contributed by atoms with Gasteiger partial charge in [-0.15, -0.1) is 0 Å². The molecule has 0 unspecified atom stereocenters. The molecule has 1 aromatic rings. The van der Waals surface area contributed by atoms with E-state index in [1.165, 1.54) is 23.9 Å². The smallest absolute Gasteiger partial charge is 0.183 e. The highest BCUT2D eigenvalue weighted by atomic mass is 79.9. The molecule has 0 aromatic heterocycles. The Morgan fingerprint density at radius 2 is 2.24 bits per heavy atom. The highest BCUT2D eigenvalue weighted by Crippen LogP contribution is 2.32. The van der Waals surface area contributed by atoms with E-state index in [2.05, 4.69) is 26.2 Å². The zero-order valence-corrected chi connectivity index (χ0v) is 11.1. The number of thioether (sulfide) groups is 1. The standard InChI is InChI=1S/C10H6BrFN4S/c1-17-10(15-5-14)16-9-6(4-13)2-3-7(12)8(9)11/h2-3H,1H3,(H,15,16). The Hall–Kier alpha value is -1.57. The van der Waals surface area contributed by atoms with E-state index < -0.39 is 5.82 Å². The first-order valence-corrected chi connectivity index (χ1v) is 6.31. The molecule has 0 fully saturated rings. The number of nitriles is 2. The van der Waals surface area contributed by atoms with E-state index >= 15 is 0 Å². The zero-order valence-electron chi connectivity index (χ0n) is 8.66.